The Kier molecular flexibility index (Phi) is 7.70. The molecule has 0 bridgehead atoms. The van der Waals surface area contributed by atoms with Crippen LogP contribution in [0.15, 0.2) is 0 Å². The van der Waals surface area contributed by atoms with Gasteiger partial charge in [0.15, 0.2) is 0 Å². The first-order valence-electron chi connectivity index (χ1n) is 5.43. The summed E-state index contributed by atoms with van der Waals surface area (Å²) in [6, 6.07) is -0.869. The standard InChI is InChI=1S/C10H19N3O4/c1-7(2-3-9(15)16)4-5-12-6-8(14)13-10(11)17/h7,12H,2-6H2,1H3,(H,15,16)(H3,11,13,14,17). The third-order valence-electron chi connectivity index (χ3n) is 2.21. The van der Waals surface area contributed by atoms with Crippen molar-refractivity contribution in [3.63, 3.8) is 0 Å². The van der Waals surface area contributed by atoms with Gasteiger partial charge < -0.3 is 16.2 Å². The maximum Gasteiger partial charge on any atom is 0.318 e. The summed E-state index contributed by atoms with van der Waals surface area (Å²) >= 11 is 0. The number of carboxylic acids is 1. The van der Waals surface area contributed by atoms with Crippen LogP contribution in [0.1, 0.15) is 26.2 Å². The molecule has 0 aromatic heterocycles. The molecule has 0 aliphatic rings. The number of urea groups is 1. The number of amides is 3. The van der Waals surface area contributed by atoms with Gasteiger partial charge in [0, 0.05) is 6.42 Å². The van der Waals surface area contributed by atoms with E-state index in [4.69, 9.17) is 10.8 Å². The van der Waals surface area contributed by atoms with Crippen LogP contribution >= 0.6 is 0 Å². The number of carboxylic acid groups (broad SMARTS) is 1. The van der Waals surface area contributed by atoms with Crippen LogP contribution in [0.5, 0.6) is 0 Å². The quantitative estimate of drug-likeness (QED) is 0.436. The first-order valence-corrected chi connectivity index (χ1v) is 5.43. The summed E-state index contributed by atoms with van der Waals surface area (Å²) in [5.74, 6) is -1.00. The monoisotopic (exact) mass is 245 g/mol. The molecule has 0 aromatic carbocycles. The maximum absolute atomic E-state index is 11.0. The smallest absolute Gasteiger partial charge is 0.318 e. The lowest BCUT2D eigenvalue weighted by Gasteiger charge is -2.10. The minimum Gasteiger partial charge on any atom is -0.481 e. The Morgan fingerprint density at radius 2 is 1.94 bits per heavy atom. The Morgan fingerprint density at radius 1 is 1.29 bits per heavy atom. The number of rotatable bonds is 8. The molecule has 3 amide bonds. The molecule has 0 radical (unpaired) electrons. The molecule has 7 nitrogen and oxygen atoms in total. The number of nitrogens with two attached hydrogens (primary N) is 1. The number of aliphatic carboxylic acids is 1. The summed E-state index contributed by atoms with van der Waals surface area (Å²) in [5.41, 5.74) is 4.76. The Labute approximate surface area is 99.7 Å². The van der Waals surface area contributed by atoms with Gasteiger partial charge in [-0.15, -0.1) is 0 Å². The molecule has 1 unspecified atom stereocenters. The van der Waals surface area contributed by atoms with Gasteiger partial charge in [-0.25, -0.2) is 4.79 Å². The predicted molar refractivity (Wildman–Crippen MR) is 61.2 cm³/mol. The minimum absolute atomic E-state index is 0.0224. The van der Waals surface area contributed by atoms with Crippen molar-refractivity contribution in [1.82, 2.24) is 10.6 Å². The van der Waals surface area contributed by atoms with Crippen LogP contribution in [0.3, 0.4) is 0 Å². The highest BCUT2D eigenvalue weighted by Gasteiger charge is 2.06. The highest BCUT2D eigenvalue weighted by Crippen LogP contribution is 2.08. The third-order valence-corrected chi connectivity index (χ3v) is 2.21. The number of primary amides is 1. The van der Waals surface area contributed by atoms with Gasteiger partial charge in [0.05, 0.1) is 6.54 Å². The summed E-state index contributed by atoms with van der Waals surface area (Å²) < 4.78 is 0. The molecule has 7 heteroatoms. The van der Waals surface area contributed by atoms with Crippen LogP contribution in [0.25, 0.3) is 0 Å². The van der Waals surface area contributed by atoms with Gasteiger partial charge in [-0.2, -0.15) is 0 Å². The number of carbonyl (C=O) groups is 3. The lowest BCUT2D eigenvalue weighted by Crippen LogP contribution is -2.40. The molecular formula is C10H19N3O4. The zero-order valence-corrected chi connectivity index (χ0v) is 9.86. The average molecular weight is 245 g/mol. The van der Waals surface area contributed by atoms with Gasteiger partial charge in [0.25, 0.3) is 0 Å². The first kappa shape index (κ1) is 15.4. The van der Waals surface area contributed by atoms with Gasteiger partial charge in [-0.1, -0.05) is 6.92 Å². The molecule has 1 atom stereocenters. The summed E-state index contributed by atoms with van der Waals surface area (Å²) in [4.78, 5) is 31.6. The zero-order valence-electron chi connectivity index (χ0n) is 9.86. The van der Waals surface area contributed by atoms with Gasteiger partial charge in [-0.3, -0.25) is 14.9 Å². The molecule has 0 spiro atoms. The highest BCUT2D eigenvalue weighted by atomic mass is 16.4. The van der Waals surface area contributed by atoms with Crippen molar-refractivity contribution in [2.75, 3.05) is 13.1 Å². The fourth-order valence-corrected chi connectivity index (χ4v) is 1.25. The van der Waals surface area contributed by atoms with Crippen LogP contribution in [0, 0.1) is 5.92 Å². The molecule has 0 saturated carbocycles. The molecule has 98 valence electrons. The Balaban J connectivity index is 3.47. The van der Waals surface area contributed by atoms with Crippen LogP contribution in [-0.4, -0.2) is 36.1 Å². The van der Waals surface area contributed by atoms with Crippen molar-refractivity contribution >= 4 is 17.9 Å². The first-order chi connectivity index (χ1) is 7.91. The minimum atomic E-state index is -0.869. The van der Waals surface area contributed by atoms with E-state index in [1.54, 1.807) is 0 Å². The number of nitrogens with one attached hydrogen (secondary N) is 2. The lowest BCUT2D eigenvalue weighted by atomic mass is 10.0. The van der Waals surface area contributed by atoms with E-state index >= 15 is 0 Å². The summed E-state index contributed by atoms with van der Waals surface area (Å²) in [6.07, 6.45) is 1.55. The van der Waals surface area contributed by atoms with Crippen molar-refractivity contribution in [2.45, 2.75) is 26.2 Å². The van der Waals surface area contributed by atoms with Crippen LogP contribution in [-0.2, 0) is 9.59 Å². The normalized spacial score (nSPS) is 11.8. The molecule has 0 heterocycles. The average Bonchev–Trinajstić information content (AvgIpc) is 2.20. The molecule has 0 fully saturated rings. The van der Waals surface area contributed by atoms with Crippen molar-refractivity contribution in [3.05, 3.63) is 0 Å². The van der Waals surface area contributed by atoms with E-state index in [2.05, 4.69) is 5.32 Å². The molecule has 5 N–H and O–H groups in total. The molecule has 0 saturated heterocycles. The Morgan fingerprint density at radius 3 is 2.47 bits per heavy atom. The summed E-state index contributed by atoms with van der Waals surface area (Å²) in [7, 11) is 0. The zero-order chi connectivity index (χ0) is 13.3. The molecule has 0 rings (SSSR count). The van der Waals surface area contributed by atoms with Crippen molar-refractivity contribution < 1.29 is 19.5 Å². The predicted octanol–water partition coefficient (Wildman–Crippen LogP) is -0.338. The van der Waals surface area contributed by atoms with Gasteiger partial charge in [-0.05, 0) is 25.3 Å². The third kappa shape index (κ3) is 10.6. The summed E-state index contributed by atoms with van der Waals surface area (Å²) in [6.45, 7) is 2.57. The van der Waals surface area contributed by atoms with E-state index in [1.807, 2.05) is 12.2 Å². The number of hydrogen-bond acceptors (Lipinski definition) is 4. The topological polar surface area (TPSA) is 122 Å². The SMILES string of the molecule is CC(CCNCC(=O)NC(N)=O)CCC(=O)O. The Bertz CT molecular complexity index is 281. The number of carbonyl (C=O) groups excluding carboxylic acids is 2. The molecule has 0 aliphatic heterocycles. The lowest BCUT2D eigenvalue weighted by molar-refractivity contribution is -0.137. The van der Waals surface area contributed by atoms with E-state index in [-0.39, 0.29) is 18.9 Å². The van der Waals surface area contributed by atoms with Crippen LogP contribution in [0.2, 0.25) is 0 Å². The van der Waals surface area contributed by atoms with Crippen molar-refractivity contribution in [2.24, 2.45) is 11.7 Å². The second-order valence-corrected chi connectivity index (χ2v) is 3.92. The maximum atomic E-state index is 11.0. The van der Waals surface area contributed by atoms with Crippen molar-refractivity contribution in [1.29, 1.82) is 0 Å². The highest BCUT2D eigenvalue weighted by molar-refractivity contribution is 5.94. The Hall–Kier alpha value is -1.63. The molecule has 0 aliphatic carbocycles. The van der Waals surface area contributed by atoms with E-state index in [1.165, 1.54) is 0 Å². The number of hydrogen-bond donors (Lipinski definition) is 4. The molecular weight excluding hydrogens is 226 g/mol. The van der Waals surface area contributed by atoms with Gasteiger partial charge >= 0.3 is 12.0 Å². The van der Waals surface area contributed by atoms with E-state index in [0.717, 1.165) is 6.42 Å². The summed E-state index contributed by atoms with van der Waals surface area (Å²) in [5, 5.41) is 13.3. The number of imide groups is 1. The fourth-order valence-electron chi connectivity index (χ4n) is 1.25. The van der Waals surface area contributed by atoms with Crippen LogP contribution in [0.4, 0.5) is 4.79 Å². The van der Waals surface area contributed by atoms with E-state index in [0.29, 0.717) is 13.0 Å². The van der Waals surface area contributed by atoms with Gasteiger partial charge in [0.2, 0.25) is 5.91 Å². The van der Waals surface area contributed by atoms with Crippen LogP contribution < -0.4 is 16.4 Å². The van der Waals surface area contributed by atoms with Crippen molar-refractivity contribution in [3.8, 4) is 0 Å². The van der Waals surface area contributed by atoms with Gasteiger partial charge in [0.1, 0.15) is 0 Å². The van der Waals surface area contributed by atoms with E-state index < -0.39 is 17.9 Å². The second kappa shape index (κ2) is 8.51. The second-order valence-electron chi connectivity index (χ2n) is 3.92. The fraction of sp³-hybridized carbons (Fsp3) is 0.700. The largest absolute Gasteiger partial charge is 0.481 e. The molecule has 17 heavy (non-hydrogen) atoms. The molecule has 0 aromatic rings. The van der Waals surface area contributed by atoms with E-state index in [9.17, 15) is 14.4 Å².